The molecule has 144 valence electrons. The standard InChI is InChI=1S/C24H21N3O2/c28-24(29)22-13-12-19(11-10-18-6-2-1-3-7-18)16-23(22)26-20-8-4-9-21(17-20)27-15-5-14-25-27/h1-9,12-17,26H,10-11H2,(H,28,29). The van der Waals surface area contributed by atoms with Gasteiger partial charge in [-0.05, 0) is 60.4 Å². The molecule has 1 aromatic heterocycles. The average molecular weight is 383 g/mol. The van der Waals surface area contributed by atoms with Gasteiger partial charge >= 0.3 is 5.97 Å². The molecule has 0 spiro atoms. The molecule has 0 aliphatic heterocycles. The molecule has 0 radical (unpaired) electrons. The summed E-state index contributed by atoms with van der Waals surface area (Å²) in [5, 5.41) is 17.1. The summed E-state index contributed by atoms with van der Waals surface area (Å²) in [5.74, 6) is -0.953. The maximum atomic E-state index is 11.7. The lowest BCUT2D eigenvalue weighted by Gasteiger charge is -2.13. The molecule has 1 heterocycles. The monoisotopic (exact) mass is 383 g/mol. The van der Waals surface area contributed by atoms with Crippen molar-refractivity contribution in [3.8, 4) is 5.69 Å². The van der Waals surface area contributed by atoms with Crippen molar-refractivity contribution in [2.45, 2.75) is 12.8 Å². The first-order valence-corrected chi connectivity index (χ1v) is 9.46. The van der Waals surface area contributed by atoms with Gasteiger partial charge in [-0.25, -0.2) is 9.48 Å². The number of nitrogens with one attached hydrogen (secondary N) is 1. The van der Waals surface area contributed by atoms with Crippen LogP contribution in [-0.2, 0) is 12.8 Å². The molecule has 3 aromatic carbocycles. The molecule has 4 aromatic rings. The second-order valence-corrected chi connectivity index (χ2v) is 6.80. The van der Waals surface area contributed by atoms with Gasteiger partial charge in [-0.3, -0.25) is 0 Å². The molecule has 2 N–H and O–H groups in total. The largest absolute Gasteiger partial charge is 0.478 e. The van der Waals surface area contributed by atoms with Crippen molar-refractivity contribution < 1.29 is 9.90 Å². The van der Waals surface area contributed by atoms with Crippen LogP contribution in [-0.4, -0.2) is 20.9 Å². The SMILES string of the molecule is O=C(O)c1ccc(CCc2ccccc2)cc1Nc1cccc(-n2cccn2)c1. The summed E-state index contributed by atoms with van der Waals surface area (Å²) in [5.41, 5.74) is 4.89. The number of carboxylic acid groups (broad SMARTS) is 1. The van der Waals surface area contributed by atoms with E-state index in [9.17, 15) is 9.90 Å². The molecular weight excluding hydrogens is 362 g/mol. The van der Waals surface area contributed by atoms with E-state index >= 15 is 0 Å². The van der Waals surface area contributed by atoms with Crippen LogP contribution in [0.2, 0.25) is 0 Å². The summed E-state index contributed by atoms with van der Waals surface area (Å²) in [6, 6.07) is 25.3. The Morgan fingerprint density at radius 3 is 2.48 bits per heavy atom. The molecule has 0 saturated heterocycles. The third kappa shape index (κ3) is 4.52. The molecule has 0 unspecified atom stereocenters. The summed E-state index contributed by atoms with van der Waals surface area (Å²) in [4.78, 5) is 11.7. The van der Waals surface area contributed by atoms with Crippen LogP contribution in [0.25, 0.3) is 5.69 Å². The first-order chi connectivity index (χ1) is 14.2. The first-order valence-electron chi connectivity index (χ1n) is 9.46. The van der Waals surface area contributed by atoms with Crippen LogP contribution < -0.4 is 5.32 Å². The third-order valence-corrected chi connectivity index (χ3v) is 4.75. The van der Waals surface area contributed by atoms with Crippen molar-refractivity contribution in [1.29, 1.82) is 0 Å². The Morgan fingerprint density at radius 2 is 1.72 bits per heavy atom. The Kier molecular flexibility index (Phi) is 5.38. The lowest BCUT2D eigenvalue weighted by Crippen LogP contribution is -2.04. The van der Waals surface area contributed by atoms with Crippen molar-refractivity contribution in [2.75, 3.05) is 5.32 Å². The Morgan fingerprint density at radius 1 is 0.897 bits per heavy atom. The fourth-order valence-corrected chi connectivity index (χ4v) is 3.27. The number of carboxylic acids is 1. The highest BCUT2D eigenvalue weighted by atomic mass is 16.4. The van der Waals surface area contributed by atoms with Crippen LogP contribution >= 0.6 is 0 Å². The van der Waals surface area contributed by atoms with Gasteiger partial charge < -0.3 is 10.4 Å². The van der Waals surface area contributed by atoms with E-state index in [1.165, 1.54) is 5.56 Å². The lowest BCUT2D eigenvalue weighted by molar-refractivity contribution is 0.0698. The van der Waals surface area contributed by atoms with Gasteiger partial charge in [-0.2, -0.15) is 5.10 Å². The molecule has 0 aliphatic rings. The molecule has 0 fully saturated rings. The predicted molar refractivity (Wildman–Crippen MR) is 114 cm³/mol. The number of hydrogen-bond acceptors (Lipinski definition) is 3. The number of aromatic nitrogens is 2. The quantitative estimate of drug-likeness (QED) is 0.466. The van der Waals surface area contributed by atoms with E-state index in [-0.39, 0.29) is 5.56 Å². The van der Waals surface area contributed by atoms with E-state index in [1.807, 2.05) is 66.9 Å². The molecule has 4 rings (SSSR count). The van der Waals surface area contributed by atoms with Crippen LogP contribution in [0.4, 0.5) is 11.4 Å². The maximum absolute atomic E-state index is 11.7. The Bertz CT molecular complexity index is 1110. The number of benzene rings is 3. The van der Waals surface area contributed by atoms with Crippen molar-refractivity contribution in [1.82, 2.24) is 9.78 Å². The Labute approximate surface area is 169 Å². The Balaban J connectivity index is 1.58. The van der Waals surface area contributed by atoms with Gasteiger partial charge in [0.1, 0.15) is 0 Å². The fraction of sp³-hybridized carbons (Fsp3) is 0.0833. The molecule has 0 bridgehead atoms. The van der Waals surface area contributed by atoms with Crippen LogP contribution in [0.15, 0.2) is 91.3 Å². The van der Waals surface area contributed by atoms with Gasteiger partial charge in [0, 0.05) is 18.1 Å². The molecular formula is C24H21N3O2. The smallest absolute Gasteiger partial charge is 0.337 e. The zero-order chi connectivity index (χ0) is 20.1. The molecule has 0 aliphatic carbocycles. The van der Waals surface area contributed by atoms with Crippen LogP contribution in [0.5, 0.6) is 0 Å². The van der Waals surface area contributed by atoms with Crippen molar-refractivity contribution in [3.63, 3.8) is 0 Å². The summed E-state index contributed by atoms with van der Waals surface area (Å²) in [6.45, 7) is 0. The second kappa shape index (κ2) is 8.44. The number of rotatable bonds is 7. The van der Waals surface area contributed by atoms with E-state index in [4.69, 9.17) is 0 Å². The van der Waals surface area contributed by atoms with Crippen molar-refractivity contribution in [3.05, 3.63) is 108 Å². The Hall–Kier alpha value is -3.86. The van der Waals surface area contributed by atoms with Gasteiger partial charge in [0.25, 0.3) is 0 Å². The van der Waals surface area contributed by atoms with Gasteiger partial charge in [0.05, 0.1) is 16.9 Å². The van der Waals surface area contributed by atoms with Gasteiger partial charge in [-0.1, -0.05) is 42.5 Å². The lowest BCUT2D eigenvalue weighted by atomic mass is 10.0. The molecule has 0 amide bonds. The highest BCUT2D eigenvalue weighted by Crippen LogP contribution is 2.25. The summed E-state index contributed by atoms with van der Waals surface area (Å²) >= 11 is 0. The van der Waals surface area contributed by atoms with E-state index in [1.54, 1.807) is 16.9 Å². The first kappa shape index (κ1) is 18.5. The highest BCUT2D eigenvalue weighted by Gasteiger charge is 2.12. The number of anilines is 2. The van der Waals surface area contributed by atoms with Crippen molar-refractivity contribution in [2.24, 2.45) is 0 Å². The number of aryl methyl sites for hydroxylation is 2. The fourth-order valence-electron chi connectivity index (χ4n) is 3.27. The molecule has 5 heteroatoms. The number of aromatic carboxylic acids is 1. The minimum absolute atomic E-state index is 0.248. The van der Waals surface area contributed by atoms with Crippen LogP contribution in [0, 0.1) is 0 Å². The summed E-state index contributed by atoms with van der Waals surface area (Å²) in [6.07, 6.45) is 5.33. The molecule has 5 nitrogen and oxygen atoms in total. The van der Waals surface area contributed by atoms with Gasteiger partial charge in [0.15, 0.2) is 0 Å². The normalized spacial score (nSPS) is 10.6. The third-order valence-electron chi connectivity index (χ3n) is 4.75. The average Bonchev–Trinajstić information content (AvgIpc) is 3.28. The van der Waals surface area contributed by atoms with E-state index in [0.717, 1.165) is 29.8 Å². The predicted octanol–water partition coefficient (Wildman–Crippen LogP) is 5.10. The minimum Gasteiger partial charge on any atom is -0.478 e. The topological polar surface area (TPSA) is 67.2 Å². The maximum Gasteiger partial charge on any atom is 0.337 e. The zero-order valence-corrected chi connectivity index (χ0v) is 15.8. The molecule has 0 atom stereocenters. The van der Waals surface area contributed by atoms with Crippen molar-refractivity contribution >= 4 is 17.3 Å². The van der Waals surface area contributed by atoms with E-state index in [2.05, 4.69) is 22.5 Å². The van der Waals surface area contributed by atoms with Gasteiger partial charge in [0.2, 0.25) is 0 Å². The number of carbonyl (C=O) groups is 1. The van der Waals surface area contributed by atoms with E-state index in [0.29, 0.717) is 5.69 Å². The summed E-state index contributed by atoms with van der Waals surface area (Å²) in [7, 11) is 0. The van der Waals surface area contributed by atoms with E-state index < -0.39 is 5.97 Å². The minimum atomic E-state index is -0.953. The second-order valence-electron chi connectivity index (χ2n) is 6.80. The molecule has 0 saturated carbocycles. The molecule has 29 heavy (non-hydrogen) atoms. The number of hydrogen-bond donors (Lipinski definition) is 2. The van der Waals surface area contributed by atoms with Gasteiger partial charge in [-0.15, -0.1) is 0 Å². The zero-order valence-electron chi connectivity index (χ0n) is 15.8. The van der Waals surface area contributed by atoms with Crippen LogP contribution in [0.3, 0.4) is 0 Å². The summed E-state index contributed by atoms with van der Waals surface area (Å²) < 4.78 is 1.76. The van der Waals surface area contributed by atoms with Crippen LogP contribution in [0.1, 0.15) is 21.5 Å². The highest BCUT2D eigenvalue weighted by molar-refractivity contribution is 5.95. The number of nitrogens with zero attached hydrogens (tertiary/aromatic N) is 2.